The van der Waals surface area contributed by atoms with Crippen LogP contribution in [0.3, 0.4) is 0 Å². The van der Waals surface area contributed by atoms with Crippen LogP contribution >= 0.6 is 22.7 Å². The minimum absolute atomic E-state index is 0.241. The smallest absolute Gasteiger partial charge is 0.206 e. The normalized spacial score (nSPS) is 12.6. The quantitative estimate of drug-likeness (QED) is 0.633. The first kappa shape index (κ1) is 14.9. The average Bonchev–Trinajstić information content (AvgIpc) is 3.15. The van der Waals surface area contributed by atoms with E-state index in [0.717, 1.165) is 20.9 Å². The zero-order valence-corrected chi connectivity index (χ0v) is 14.1. The van der Waals surface area contributed by atoms with Crippen LogP contribution in [0.2, 0.25) is 0 Å². The maximum atomic E-state index is 4.68. The van der Waals surface area contributed by atoms with Gasteiger partial charge < -0.3 is 0 Å². The number of rotatable bonds is 4. The van der Waals surface area contributed by atoms with E-state index in [4.69, 9.17) is 0 Å². The molecule has 0 amide bonds. The van der Waals surface area contributed by atoms with Crippen LogP contribution in [0, 0.1) is 0 Å². The van der Waals surface area contributed by atoms with E-state index in [2.05, 4.69) is 52.9 Å². The monoisotopic (exact) mass is 327 g/mol. The molecule has 22 heavy (non-hydrogen) atoms. The van der Waals surface area contributed by atoms with E-state index in [1.54, 1.807) is 22.7 Å². The summed E-state index contributed by atoms with van der Waals surface area (Å²) in [5.74, 6) is 0. The van der Waals surface area contributed by atoms with Crippen LogP contribution < -0.4 is 4.80 Å². The lowest BCUT2D eigenvalue weighted by atomic mass is 10.2. The Labute approximate surface area is 137 Å². The third kappa shape index (κ3) is 3.43. The predicted octanol–water partition coefficient (Wildman–Crippen LogP) is 4.47. The Morgan fingerprint density at radius 1 is 1.05 bits per heavy atom. The summed E-state index contributed by atoms with van der Waals surface area (Å²) in [6.07, 6.45) is 1.89. The molecule has 0 radical (unpaired) electrons. The van der Waals surface area contributed by atoms with Crippen LogP contribution in [0.15, 0.2) is 63.3 Å². The molecule has 2 heterocycles. The molecule has 0 fully saturated rings. The molecule has 0 saturated carbocycles. The van der Waals surface area contributed by atoms with Crippen molar-refractivity contribution in [3.63, 3.8) is 0 Å². The largest absolute Gasteiger partial charge is 0.255 e. The Kier molecular flexibility index (Phi) is 4.65. The topological polar surface area (TPSA) is 29.6 Å². The molecule has 3 aromatic rings. The summed E-state index contributed by atoms with van der Waals surface area (Å²) < 4.78 is 1.93. The molecular weight excluding hydrogens is 310 g/mol. The first-order valence-electron chi connectivity index (χ1n) is 7.11. The summed E-state index contributed by atoms with van der Waals surface area (Å²) in [6.45, 7) is 4.16. The van der Waals surface area contributed by atoms with Crippen molar-refractivity contribution in [1.29, 1.82) is 0 Å². The van der Waals surface area contributed by atoms with Gasteiger partial charge in [-0.3, -0.25) is 4.99 Å². The van der Waals surface area contributed by atoms with Crippen LogP contribution in [0.25, 0.3) is 11.3 Å². The zero-order chi connectivity index (χ0) is 15.4. The highest BCUT2D eigenvalue weighted by atomic mass is 32.1. The van der Waals surface area contributed by atoms with Crippen LogP contribution in [-0.2, 0) is 0 Å². The maximum Gasteiger partial charge on any atom is 0.206 e. The number of hydrogen-bond acceptors (Lipinski definition) is 4. The Hall–Kier alpha value is -1.98. The van der Waals surface area contributed by atoms with Crippen molar-refractivity contribution < 1.29 is 0 Å². The van der Waals surface area contributed by atoms with Crippen molar-refractivity contribution in [1.82, 2.24) is 4.68 Å². The number of hydrogen-bond donors (Lipinski definition) is 0. The lowest BCUT2D eigenvalue weighted by Gasteiger charge is -2.03. The van der Waals surface area contributed by atoms with E-state index in [1.807, 2.05) is 35.2 Å². The predicted molar refractivity (Wildman–Crippen MR) is 95.8 cm³/mol. The van der Waals surface area contributed by atoms with Crippen LogP contribution in [0.4, 0.5) is 0 Å². The molecule has 3 rings (SSSR count). The molecule has 3 nitrogen and oxygen atoms in total. The van der Waals surface area contributed by atoms with E-state index < -0.39 is 0 Å². The van der Waals surface area contributed by atoms with Gasteiger partial charge in [0.05, 0.1) is 11.9 Å². The van der Waals surface area contributed by atoms with Gasteiger partial charge in [0.25, 0.3) is 0 Å². The first-order valence-corrected chi connectivity index (χ1v) is 8.87. The second-order valence-electron chi connectivity index (χ2n) is 5.06. The maximum absolute atomic E-state index is 4.68. The minimum Gasteiger partial charge on any atom is -0.255 e. The van der Waals surface area contributed by atoms with Gasteiger partial charge in [-0.1, -0.05) is 36.4 Å². The Balaban J connectivity index is 2.10. The summed E-state index contributed by atoms with van der Waals surface area (Å²) in [7, 11) is 0. The molecule has 0 aliphatic heterocycles. The molecule has 2 aromatic heterocycles. The van der Waals surface area contributed by atoms with Crippen molar-refractivity contribution in [3.05, 3.63) is 62.9 Å². The van der Waals surface area contributed by atoms with Crippen molar-refractivity contribution in [2.45, 2.75) is 19.9 Å². The molecule has 0 unspecified atom stereocenters. The molecule has 1 aromatic carbocycles. The third-order valence-corrected chi connectivity index (χ3v) is 4.60. The number of nitrogens with zero attached hydrogens (tertiary/aromatic N) is 3. The minimum atomic E-state index is 0.241. The fourth-order valence-corrected chi connectivity index (χ4v) is 3.56. The fourth-order valence-electron chi connectivity index (χ4n) is 2.01. The van der Waals surface area contributed by atoms with Gasteiger partial charge in [0.2, 0.25) is 4.80 Å². The summed E-state index contributed by atoms with van der Waals surface area (Å²) in [5.41, 5.74) is 2.21. The molecular formula is C17H17N3S2. The van der Waals surface area contributed by atoms with Crippen LogP contribution in [0.1, 0.15) is 18.7 Å². The number of thiazole rings is 1. The molecule has 112 valence electrons. The van der Waals surface area contributed by atoms with E-state index in [9.17, 15) is 0 Å². The lowest BCUT2D eigenvalue weighted by Crippen LogP contribution is -2.14. The first-order chi connectivity index (χ1) is 10.7. The zero-order valence-electron chi connectivity index (χ0n) is 12.5. The Morgan fingerprint density at radius 2 is 1.86 bits per heavy atom. The highest BCUT2D eigenvalue weighted by Crippen LogP contribution is 2.19. The Morgan fingerprint density at radius 3 is 2.55 bits per heavy atom. The Bertz CT molecular complexity index is 809. The van der Waals surface area contributed by atoms with Crippen LogP contribution in [-0.4, -0.2) is 16.9 Å². The molecule has 0 atom stereocenters. The van der Waals surface area contributed by atoms with Gasteiger partial charge in [0.15, 0.2) is 0 Å². The number of thiophene rings is 1. The fraction of sp³-hybridized carbons (Fsp3) is 0.176. The van der Waals surface area contributed by atoms with E-state index in [1.165, 1.54) is 0 Å². The van der Waals surface area contributed by atoms with Gasteiger partial charge in [-0.25, -0.2) is 4.68 Å². The standard InChI is InChI=1S/C17H17N3S2/c1-13(2)19-17-20(18-11-15-9-6-10-21-15)16(12-22-17)14-7-4-3-5-8-14/h3-13H,1-2H3. The van der Waals surface area contributed by atoms with Crippen molar-refractivity contribution in [2.75, 3.05) is 0 Å². The summed E-state index contributed by atoms with van der Waals surface area (Å²) in [6, 6.07) is 14.6. The van der Waals surface area contributed by atoms with Crippen molar-refractivity contribution >= 4 is 28.9 Å². The summed E-state index contributed by atoms with van der Waals surface area (Å²) in [5, 5.41) is 8.82. The summed E-state index contributed by atoms with van der Waals surface area (Å²) in [4.78, 5) is 6.73. The third-order valence-electron chi connectivity index (χ3n) is 2.97. The van der Waals surface area contributed by atoms with E-state index in [0.29, 0.717) is 0 Å². The van der Waals surface area contributed by atoms with Gasteiger partial charge in [0.1, 0.15) is 0 Å². The van der Waals surface area contributed by atoms with Gasteiger partial charge >= 0.3 is 0 Å². The number of benzene rings is 1. The molecule has 5 heteroatoms. The van der Waals surface area contributed by atoms with Crippen molar-refractivity contribution in [3.8, 4) is 11.3 Å². The molecule has 0 spiro atoms. The van der Waals surface area contributed by atoms with Gasteiger partial charge in [-0.2, -0.15) is 5.10 Å². The lowest BCUT2D eigenvalue weighted by molar-refractivity contribution is 0.755. The SMILES string of the molecule is CC(C)N=c1scc(-c2ccccc2)n1N=Cc1cccs1. The second-order valence-corrected chi connectivity index (χ2v) is 6.88. The molecule has 0 aliphatic carbocycles. The second kappa shape index (κ2) is 6.85. The van der Waals surface area contributed by atoms with E-state index in [-0.39, 0.29) is 6.04 Å². The van der Waals surface area contributed by atoms with E-state index >= 15 is 0 Å². The van der Waals surface area contributed by atoms with Gasteiger partial charge in [-0.05, 0) is 25.3 Å². The highest BCUT2D eigenvalue weighted by molar-refractivity contribution is 7.11. The van der Waals surface area contributed by atoms with Gasteiger partial charge in [-0.15, -0.1) is 22.7 Å². The van der Waals surface area contributed by atoms with Gasteiger partial charge in [0, 0.05) is 21.9 Å². The molecule has 0 N–H and O–H groups in total. The van der Waals surface area contributed by atoms with Crippen LogP contribution in [0.5, 0.6) is 0 Å². The highest BCUT2D eigenvalue weighted by Gasteiger charge is 2.07. The van der Waals surface area contributed by atoms with Crippen molar-refractivity contribution in [2.24, 2.45) is 10.1 Å². The molecule has 0 aliphatic rings. The molecule has 0 saturated heterocycles. The summed E-state index contributed by atoms with van der Waals surface area (Å²) >= 11 is 3.30. The number of aromatic nitrogens is 1. The molecule has 0 bridgehead atoms. The average molecular weight is 327 g/mol.